The molecule has 0 aromatic rings. The SMILES string of the molecule is CCN(C(C)C)C(C)Cl. The van der Waals surface area contributed by atoms with Crippen LogP contribution in [0.3, 0.4) is 0 Å². The summed E-state index contributed by atoms with van der Waals surface area (Å²) < 4.78 is 0. The van der Waals surface area contributed by atoms with Gasteiger partial charge in [0.05, 0.1) is 5.50 Å². The average molecular weight is 150 g/mol. The molecule has 0 aromatic heterocycles. The molecule has 0 rings (SSSR count). The highest BCUT2D eigenvalue weighted by atomic mass is 35.5. The molecular weight excluding hydrogens is 134 g/mol. The number of alkyl halides is 1. The Bertz CT molecular complexity index is 63.3. The first-order valence-corrected chi connectivity index (χ1v) is 3.93. The Morgan fingerprint density at radius 1 is 1.33 bits per heavy atom. The van der Waals surface area contributed by atoms with E-state index < -0.39 is 0 Å². The van der Waals surface area contributed by atoms with E-state index >= 15 is 0 Å². The molecule has 0 amide bonds. The van der Waals surface area contributed by atoms with Crippen molar-refractivity contribution in [1.82, 2.24) is 4.90 Å². The van der Waals surface area contributed by atoms with Gasteiger partial charge >= 0.3 is 0 Å². The monoisotopic (exact) mass is 149 g/mol. The van der Waals surface area contributed by atoms with Gasteiger partial charge in [-0.2, -0.15) is 0 Å². The van der Waals surface area contributed by atoms with Gasteiger partial charge in [0.15, 0.2) is 0 Å². The lowest BCUT2D eigenvalue weighted by molar-refractivity contribution is 0.222. The van der Waals surface area contributed by atoms with Crippen LogP contribution in [0.4, 0.5) is 0 Å². The highest BCUT2D eigenvalue weighted by Crippen LogP contribution is 2.07. The van der Waals surface area contributed by atoms with Gasteiger partial charge in [-0.3, -0.25) is 4.90 Å². The number of hydrogen-bond acceptors (Lipinski definition) is 1. The van der Waals surface area contributed by atoms with E-state index in [4.69, 9.17) is 11.6 Å². The second-order valence-corrected chi connectivity index (χ2v) is 3.13. The van der Waals surface area contributed by atoms with Gasteiger partial charge in [-0.05, 0) is 27.3 Å². The predicted molar refractivity (Wildman–Crippen MR) is 42.8 cm³/mol. The molecule has 0 aliphatic carbocycles. The largest absolute Gasteiger partial charge is 0.286 e. The number of halogens is 1. The van der Waals surface area contributed by atoms with E-state index in [9.17, 15) is 0 Å². The summed E-state index contributed by atoms with van der Waals surface area (Å²) in [6.07, 6.45) is 0. The summed E-state index contributed by atoms with van der Waals surface area (Å²) in [5.41, 5.74) is 0.162. The average Bonchev–Trinajstić information content (AvgIpc) is 1.64. The van der Waals surface area contributed by atoms with Crippen molar-refractivity contribution in [2.75, 3.05) is 6.54 Å². The Morgan fingerprint density at radius 3 is 1.78 bits per heavy atom. The molecule has 2 heteroatoms. The molecule has 0 bridgehead atoms. The van der Waals surface area contributed by atoms with E-state index in [-0.39, 0.29) is 5.50 Å². The van der Waals surface area contributed by atoms with Gasteiger partial charge in [0.25, 0.3) is 0 Å². The van der Waals surface area contributed by atoms with Crippen molar-refractivity contribution in [3.63, 3.8) is 0 Å². The first kappa shape index (κ1) is 9.25. The molecule has 1 nitrogen and oxygen atoms in total. The molecule has 0 aliphatic rings. The zero-order valence-electron chi connectivity index (χ0n) is 6.69. The minimum Gasteiger partial charge on any atom is -0.286 e. The Hall–Kier alpha value is 0.250. The van der Waals surface area contributed by atoms with Gasteiger partial charge in [0.2, 0.25) is 0 Å². The molecule has 0 aliphatic heterocycles. The zero-order chi connectivity index (χ0) is 7.44. The maximum Gasteiger partial charge on any atom is 0.0823 e. The first-order chi connectivity index (χ1) is 4.09. The molecule has 0 saturated carbocycles. The minimum atomic E-state index is 0.162. The molecule has 0 heterocycles. The van der Waals surface area contributed by atoms with Crippen LogP contribution in [0.1, 0.15) is 27.7 Å². The molecule has 0 N–H and O–H groups in total. The second kappa shape index (κ2) is 4.13. The van der Waals surface area contributed by atoms with Crippen molar-refractivity contribution in [3.8, 4) is 0 Å². The second-order valence-electron chi connectivity index (χ2n) is 2.50. The smallest absolute Gasteiger partial charge is 0.0823 e. The van der Waals surface area contributed by atoms with Gasteiger partial charge in [-0.1, -0.05) is 6.92 Å². The maximum atomic E-state index is 5.86. The highest BCUT2D eigenvalue weighted by Gasteiger charge is 2.10. The maximum absolute atomic E-state index is 5.86. The Kier molecular flexibility index (Phi) is 4.24. The molecule has 0 fully saturated rings. The van der Waals surface area contributed by atoms with Crippen molar-refractivity contribution >= 4 is 11.6 Å². The molecule has 9 heavy (non-hydrogen) atoms. The van der Waals surface area contributed by atoms with Crippen LogP contribution in [-0.2, 0) is 0 Å². The summed E-state index contributed by atoms with van der Waals surface area (Å²) >= 11 is 5.86. The van der Waals surface area contributed by atoms with E-state index in [1.54, 1.807) is 0 Å². The molecule has 1 atom stereocenters. The summed E-state index contributed by atoms with van der Waals surface area (Å²) in [7, 11) is 0. The Morgan fingerprint density at radius 2 is 1.78 bits per heavy atom. The summed E-state index contributed by atoms with van der Waals surface area (Å²) in [4.78, 5) is 2.22. The van der Waals surface area contributed by atoms with E-state index in [0.29, 0.717) is 6.04 Å². The van der Waals surface area contributed by atoms with Crippen molar-refractivity contribution in [2.45, 2.75) is 39.2 Å². The van der Waals surface area contributed by atoms with Crippen molar-refractivity contribution in [1.29, 1.82) is 0 Å². The highest BCUT2D eigenvalue weighted by molar-refractivity contribution is 6.20. The van der Waals surface area contributed by atoms with Crippen LogP contribution < -0.4 is 0 Å². The Balaban J connectivity index is 3.68. The van der Waals surface area contributed by atoms with Crippen LogP contribution in [0.2, 0.25) is 0 Å². The van der Waals surface area contributed by atoms with Gasteiger partial charge < -0.3 is 0 Å². The van der Waals surface area contributed by atoms with E-state index in [2.05, 4.69) is 25.7 Å². The van der Waals surface area contributed by atoms with E-state index in [1.807, 2.05) is 6.92 Å². The third-order valence-electron chi connectivity index (χ3n) is 1.49. The predicted octanol–water partition coefficient (Wildman–Crippen LogP) is 2.30. The topological polar surface area (TPSA) is 3.24 Å². The molecule has 1 unspecified atom stereocenters. The third-order valence-corrected chi connectivity index (χ3v) is 1.74. The normalized spacial score (nSPS) is 15.0. The number of hydrogen-bond donors (Lipinski definition) is 0. The number of rotatable bonds is 3. The lowest BCUT2D eigenvalue weighted by Gasteiger charge is -2.26. The molecule has 0 radical (unpaired) electrons. The van der Waals surface area contributed by atoms with Crippen molar-refractivity contribution in [3.05, 3.63) is 0 Å². The zero-order valence-corrected chi connectivity index (χ0v) is 7.44. The van der Waals surface area contributed by atoms with Crippen molar-refractivity contribution < 1.29 is 0 Å². The Labute approximate surface area is 63.0 Å². The summed E-state index contributed by atoms with van der Waals surface area (Å²) in [5.74, 6) is 0. The van der Waals surface area contributed by atoms with Crippen molar-refractivity contribution in [2.24, 2.45) is 0 Å². The van der Waals surface area contributed by atoms with Gasteiger partial charge in [-0.25, -0.2) is 0 Å². The van der Waals surface area contributed by atoms with Gasteiger partial charge in [0.1, 0.15) is 0 Å². The van der Waals surface area contributed by atoms with Gasteiger partial charge in [0, 0.05) is 6.04 Å². The molecular formula is C7H16ClN. The molecule has 56 valence electrons. The summed E-state index contributed by atoms with van der Waals surface area (Å²) in [6.45, 7) is 9.47. The summed E-state index contributed by atoms with van der Waals surface area (Å²) in [5, 5.41) is 0. The fraction of sp³-hybridized carbons (Fsp3) is 1.00. The third kappa shape index (κ3) is 3.07. The summed E-state index contributed by atoms with van der Waals surface area (Å²) in [6, 6.07) is 0.558. The van der Waals surface area contributed by atoms with Crippen LogP contribution in [0, 0.1) is 0 Å². The fourth-order valence-electron chi connectivity index (χ4n) is 1.03. The lowest BCUT2D eigenvalue weighted by Crippen LogP contribution is -2.35. The van der Waals surface area contributed by atoms with Crippen LogP contribution in [0.15, 0.2) is 0 Å². The molecule has 0 spiro atoms. The standard InChI is InChI=1S/C7H16ClN/c1-5-9(6(2)3)7(4)8/h6-7H,5H2,1-4H3. The van der Waals surface area contributed by atoms with Gasteiger partial charge in [-0.15, -0.1) is 11.6 Å². The van der Waals surface area contributed by atoms with Crippen LogP contribution >= 0.6 is 11.6 Å². The quantitative estimate of drug-likeness (QED) is 0.440. The first-order valence-electron chi connectivity index (χ1n) is 3.49. The van der Waals surface area contributed by atoms with Crippen LogP contribution in [-0.4, -0.2) is 23.0 Å². The van der Waals surface area contributed by atoms with E-state index in [1.165, 1.54) is 0 Å². The van der Waals surface area contributed by atoms with Crippen LogP contribution in [0.25, 0.3) is 0 Å². The lowest BCUT2D eigenvalue weighted by atomic mass is 10.3. The minimum absolute atomic E-state index is 0.162. The number of nitrogens with zero attached hydrogens (tertiary/aromatic N) is 1. The molecule has 0 aromatic carbocycles. The fourth-order valence-corrected chi connectivity index (χ4v) is 1.39. The van der Waals surface area contributed by atoms with E-state index in [0.717, 1.165) is 6.54 Å². The van der Waals surface area contributed by atoms with Crippen LogP contribution in [0.5, 0.6) is 0 Å². The molecule has 0 saturated heterocycles.